The molecule has 1 fully saturated rings. The molecule has 2 nitrogen and oxygen atoms in total. The van der Waals surface area contributed by atoms with Crippen LogP contribution >= 0.6 is 0 Å². The Morgan fingerprint density at radius 1 is 1.31 bits per heavy atom. The molecule has 0 spiro atoms. The van der Waals surface area contributed by atoms with Crippen molar-refractivity contribution in [3.63, 3.8) is 0 Å². The lowest BCUT2D eigenvalue weighted by atomic mass is 9.82. The van der Waals surface area contributed by atoms with E-state index in [1.807, 2.05) is 0 Å². The molecule has 96 valence electrons. The summed E-state index contributed by atoms with van der Waals surface area (Å²) >= 11 is 0. The van der Waals surface area contributed by atoms with Crippen molar-refractivity contribution in [2.75, 3.05) is 13.2 Å². The molecular weight excluding hydrogens is 198 g/mol. The third kappa shape index (κ3) is 5.31. The highest BCUT2D eigenvalue weighted by Crippen LogP contribution is 2.28. The summed E-state index contributed by atoms with van der Waals surface area (Å²) < 4.78 is 0. The van der Waals surface area contributed by atoms with E-state index in [1.165, 1.54) is 25.7 Å². The van der Waals surface area contributed by atoms with Gasteiger partial charge in [-0.2, -0.15) is 0 Å². The van der Waals surface area contributed by atoms with Gasteiger partial charge in [-0.25, -0.2) is 0 Å². The van der Waals surface area contributed by atoms with Gasteiger partial charge in [0.1, 0.15) is 0 Å². The normalized spacial score (nSPS) is 28.3. The second kappa shape index (κ2) is 7.29. The maximum atomic E-state index is 9.29. The molecule has 0 aromatic rings. The maximum Gasteiger partial charge on any atom is 0.0584 e. The third-order valence-corrected chi connectivity index (χ3v) is 3.72. The molecule has 1 rings (SSSR count). The minimum absolute atomic E-state index is 0.278. The first-order chi connectivity index (χ1) is 7.61. The Morgan fingerprint density at radius 2 is 2.06 bits per heavy atom. The Labute approximate surface area is 101 Å². The zero-order chi connectivity index (χ0) is 12.0. The molecule has 0 saturated heterocycles. The highest BCUT2D eigenvalue weighted by molar-refractivity contribution is 4.75. The average Bonchev–Trinajstić information content (AvgIpc) is 2.24. The predicted octanol–water partition coefficient (Wildman–Crippen LogP) is 2.81. The van der Waals surface area contributed by atoms with Crippen LogP contribution in [-0.4, -0.2) is 24.3 Å². The van der Waals surface area contributed by atoms with E-state index in [1.54, 1.807) is 0 Å². The van der Waals surface area contributed by atoms with Gasteiger partial charge < -0.3 is 10.4 Å². The Morgan fingerprint density at radius 3 is 2.62 bits per heavy atom. The average molecular weight is 227 g/mol. The van der Waals surface area contributed by atoms with E-state index in [0.29, 0.717) is 12.0 Å². The quantitative estimate of drug-likeness (QED) is 0.731. The molecule has 3 unspecified atom stereocenters. The molecule has 1 aliphatic rings. The van der Waals surface area contributed by atoms with Crippen LogP contribution in [0.2, 0.25) is 0 Å². The van der Waals surface area contributed by atoms with Crippen molar-refractivity contribution in [2.24, 2.45) is 17.8 Å². The van der Waals surface area contributed by atoms with Crippen molar-refractivity contribution in [3.05, 3.63) is 0 Å². The summed E-state index contributed by atoms with van der Waals surface area (Å²) in [5.74, 6) is 2.40. The van der Waals surface area contributed by atoms with Gasteiger partial charge in [0, 0.05) is 6.04 Å². The van der Waals surface area contributed by atoms with Crippen LogP contribution in [0.25, 0.3) is 0 Å². The van der Waals surface area contributed by atoms with Gasteiger partial charge in [-0.05, 0) is 43.6 Å². The van der Waals surface area contributed by atoms with Crippen molar-refractivity contribution in [1.82, 2.24) is 5.32 Å². The minimum Gasteiger partial charge on any atom is -0.395 e. The number of aliphatic hydroxyl groups excluding tert-OH is 1. The lowest BCUT2D eigenvalue weighted by Gasteiger charge is -2.29. The fourth-order valence-electron chi connectivity index (χ4n) is 2.87. The summed E-state index contributed by atoms with van der Waals surface area (Å²) in [4.78, 5) is 0. The molecule has 0 aliphatic heterocycles. The Kier molecular flexibility index (Phi) is 6.37. The van der Waals surface area contributed by atoms with Crippen molar-refractivity contribution in [3.8, 4) is 0 Å². The second-order valence-electron chi connectivity index (χ2n) is 6.06. The van der Waals surface area contributed by atoms with Crippen molar-refractivity contribution in [2.45, 2.75) is 58.9 Å². The van der Waals surface area contributed by atoms with Crippen LogP contribution < -0.4 is 5.32 Å². The molecule has 16 heavy (non-hydrogen) atoms. The van der Waals surface area contributed by atoms with Crippen molar-refractivity contribution >= 4 is 0 Å². The van der Waals surface area contributed by atoms with Crippen LogP contribution in [0.3, 0.4) is 0 Å². The number of aliphatic hydroxyl groups is 1. The van der Waals surface area contributed by atoms with Crippen LogP contribution in [0.4, 0.5) is 0 Å². The van der Waals surface area contributed by atoms with Crippen LogP contribution in [0.1, 0.15) is 52.9 Å². The number of nitrogens with one attached hydrogen (secondary N) is 1. The minimum atomic E-state index is 0.278. The fourth-order valence-corrected chi connectivity index (χ4v) is 2.87. The van der Waals surface area contributed by atoms with E-state index in [2.05, 4.69) is 26.1 Å². The first-order valence-electron chi connectivity index (χ1n) is 6.96. The van der Waals surface area contributed by atoms with Gasteiger partial charge in [0.05, 0.1) is 6.61 Å². The van der Waals surface area contributed by atoms with Gasteiger partial charge in [0.15, 0.2) is 0 Å². The summed E-state index contributed by atoms with van der Waals surface area (Å²) in [7, 11) is 0. The molecular formula is C14H29NO. The van der Waals surface area contributed by atoms with Gasteiger partial charge in [0.25, 0.3) is 0 Å². The van der Waals surface area contributed by atoms with Crippen LogP contribution in [0, 0.1) is 17.8 Å². The Balaban J connectivity index is 2.20. The summed E-state index contributed by atoms with van der Waals surface area (Å²) in [5, 5.41) is 12.8. The van der Waals surface area contributed by atoms with Gasteiger partial charge in [-0.3, -0.25) is 0 Å². The van der Waals surface area contributed by atoms with Gasteiger partial charge in [-0.1, -0.05) is 33.6 Å². The first-order valence-corrected chi connectivity index (χ1v) is 6.96. The highest BCUT2D eigenvalue weighted by Gasteiger charge is 2.19. The number of rotatable bonds is 6. The number of hydrogen-bond acceptors (Lipinski definition) is 2. The largest absolute Gasteiger partial charge is 0.395 e. The topological polar surface area (TPSA) is 32.3 Å². The van der Waals surface area contributed by atoms with Gasteiger partial charge >= 0.3 is 0 Å². The SMILES string of the molecule is CC(C)CC(CO)NCC1CCCC(C)C1. The van der Waals surface area contributed by atoms with Gasteiger partial charge in [0.2, 0.25) is 0 Å². The smallest absolute Gasteiger partial charge is 0.0584 e. The lowest BCUT2D eigenvalue weighted by molar-refractivity contribution is 0.204. The van der Waals surface area contributed by atoms with E-state index in [-0.39, 0.29) is 6.61 Å². The molecule has 0 aromatic carbocycles. The highest BCUT2D eigenvalue weighted by atomic mass is 16.3. The molecule has 3 atom stereocenters. The Bertz CT molecular complexity index is 178. The van der Waals surface area contributed by atoms with E-state index in [0.717, 1.165) is 24.8 Å². The van der Waals surface area contributed by atoms with Gasteiger partial charge in [-0.15, -0.1) is 0 Å². The van der Waals surface area contributed by atoms with Crippen LogP contribution in [0.5, 0.6) is 0 Å². The molecule has 0 amide bonds. The molecule has 1 saturated carbocycles. The Hall–Kier alpha value is -0.0800. The van der Waals surface area contributed by atoms with Crippen molar-refractivity contribution < 1.29 is 5.11 Å². The van der Waals surface area contributed by atoms with E-state index in [4.69, 9.17) is 0 Å². The maximum absolute atomic E-state index is 9.29. The predicted molar refractivity (Wildman–Crippen MR) is 69.5 cm³/mol. The summed E-state index contributed by atoms with van der Waals surface area (Å²) in [6, 6.07) is 0.303. The molecule has 0 bridgehead atoms. The molecule has 0 heterocycles. The lowest BCUT2D eigenvalue weighted by Crippen LogP contribution is -2.38. The summed E-state index contributed by atoms with van der Waals surface area (Å²) in [5.41, 5.74) is 0. The third-order valence-electron chi connectivity index (χ3n) is 3.72. The monoisotopic (exact) mass is 227 g/mol. The summed E-state index contributed by atoms with van der Waals surface area (Å²) in [6.07, 6.45) is 6.62. The van der Waals surface area contributed by atoms with E-state index >= 15 is 0 Å². The number of hydrogen-bond donors (Lipinski definition) is 2. The van der Waals surface area contributed by atoms with Crippen LogP contribution in [0.15, 0.2) is 0 Å². The van der Waals surface area contributed by atoms with E-state index < -0.39 is 0 Å². The van der Waals surface area contributed by atoms with E-state index in [9.17, 15) is 5.11 Å². The standard InChI is InChI=1S/C14H29NO/c1-11(2)7-14(10-16)15-9-13-6-4-5-12(3)8-13/h11-16H,4-10H2,1-3H3. The molecule has 1 aliphatic carbocycles. The zero-order valence-electron chi connectivity index (χ0n) is 11.2. The van der Waals surface area contributed by atoms with Crippen molar-refractivity contribution in [1.29, 1.82) is 0 Å². The first kappa shape index (κ1) is 14.0. The molecule has 0 aromatic heterocycles. The zero-order valence-corrected chi connectivity index (χ0v) is 11.2. The molecule has 2 heteroatoms. The molecule has 0 radical (unpaired) electrons. The van der Waals surface area contributed by atoms with Crippen LogP contribution in [-0.2, 0) is 0 Å². The second-order valence-corrected chi connectivity index (χ2v) is 6.06. The molecule has 2 N–H and O–H groups in total. The fraction of sp³-hybridized carbons (Fsp3) is 1.00. The summed E-state index contributed by atoms with van der Waals surface area (Å²) in [6.45, 7) is 8.17.